The van der Waals surface area contributed by atoms with Gasteiger partial charge in [0.1, 0.15) is 10.8 Å². The Kier molecular flexibility index (Phi) is 3.91. The maximum atomic E-state index is 11.8. The summed E-state index contributed by atoms with van der Waals surface area (Å²) in [6.07, 6.45) is 0.289. The third-order valence-corrected chi connectivity index (χ3v) is 3.76. The highest BCUT2D eigenvalue weighted by Gasteiger charge is 2.09. The molecule has 2 rings (SSSR count). The van der Waals surface area contributed by atoms with Gasteiger partial charge in [0.05, 0.1) is 12.1 Å². The van der Waals surface area contributed by atoms with E-state index in [-0.39, 0.29) is 12.2 Å². The van der Waals surface area contributed by atoms with Crippen LogP contribution in [-0.4, -0.2) is 4.98 Å². The summed E-state index contributed by atoms with van der Waals surface area (Å²) >= 11 is 4.98. The smallest absolute Gasteiger partial charge is 0.147 e. The second kappa shape index (κ2) is 5.42. The van der Waals surface area contributed by atoms with Crippen LogP contribution >= 0.6 is 27.3 Å². The van der Waals surface area contributed by atoms with Crippen LogP contribution in [0.1, 0.15) is 5.69 Å². The summed E-state index contributed by atoms with van der Waals surface area (Å²) in [6.45, 7) is 3.43. The molecule has 0 aliphatic carbocycles. The minimum atomic E-state index is 0.0639. The van der Waals surface area contributed by atoms with Crippen molar-refractivity contribution >= 4 is 27.3 Å². The molecule has 0 bridgehead atoms. The fourth-order valence-electron chi connectivity index (χ4n) is 1.38. The highest BCUT2D eigenvalue weighted by Crippen LogP contribution is 2.30. The maximum absolute atomic E-state index is 11.8. The molecule has 0 aliphatic heterocycles. The fourth-order valence-corrected chi connectivity index (χ4v) is 2.84. The van der Waals surface area contributed by atoms with Gasteiger partial charge >= 0.3 is 0 Å². The van der Waals surface area contributed by atoms with Gasteiger partial charge in [-0.3, -0.25) is 4.94 Å². The van der Waals surface area contributed by atoms with Gasteiger partial charge in [0.2, 0.25) is 0 Å². The van der Waals surface area contributed by atoms with Gasteiger partial charge in [-0.1, -0.05) is 40.7 Å². The molecular formula is C12H9BrFNOS. The SMILES string of the molecule is C=C(Cc1csc(-c2ccccc2Br)n1)OF. The van der Waals surface area contributed by atoms with Gasteiger partial charge in [-0.25, -0.2) is 4.98 Å². The number of allylic oxidation sites excluding steroid dienone is 1. The molecule has 0 radical (unpaired) electrons. The number of halogens is 2. The molecule has 17 heavy (non-hydrogen) atoms. The number of hydrogen-bond donors (Lipinski definition) is 0. The molecule has 0 aliphatic rings. The van der Waals surface area contributed by atoms with E-state index in [4.69, 9.17) is 0 Å². The van der Waals surface area contributed by atoms with Gasteiger partial charge in [0, 0.05) is 19.9 Å². The van der Waals surface area contributed by atoms with Crippen LogP contribution in [0.3, 0.4) is 0 Å². The number of rotatable bonds is 4. The number of benzene rings is 1. The Morgan fingerprint density at radius 2 is 2.24 bits per heavy atom. The van der Waals surface area contributed by atoms with Crippen molar-refractivity contribution in [3.05, 3.63) is 52.2 Å². The van der Waals surface area contributed by atoms with Crippen molar-refractivity contribution in [3.8, 4) is 10.6 Å². The Morgan fingerprint density at radius 3 is 2.94 bits per heavy atom. The van der Waals surface area contributed by atoms with Gasteiger partial charge < -0.3 is 0 Å². The van der Waals surface area contributed by atoms with Crippen molar-refractivity contribution in [2.45, 2.75) is 6.42 Å². The molecule has 2 aromatic rings. The number of nitrogens with zero attached hydrogens (tertiary/aromatic N) is 1. The minimum absolute atomic E-state index is 0.0639. The summed E-state index contributed by atoms with van der Waals surface area (Å²) in [7, 11) is 0. The molecule has 0 N–H and O–H groups in total. The van der Waals surface area contributed by atoms with E-state index in [1.165, 1.54) is 11.3 Å². The topological polar surface area (TPSA) is 22.1 Å². The first-order valence-electron chi connectivity index (χ1n) is 4.86. The highest BCUT2D eigenvalue weighted by molar-refractivity contribution is 9.10. The third kappa shape index (κ3) is 2.92. The summed E-state index contributed by atoms with van der Waals surface area (Å²) in [5.74, 6) is 0.0639. The van der Waals surface area contributed by atoms with Crippen LogP contribution in [0, 0.1) is 0 Å². The van der Waals surface area contributed by atoms with Crippen LogP contribution in [0.2, 0.25) is 0 Å². The largest absolute Gasteiger partial charge is 0.299 e. The fraction of sp³-hybridized carbons (Fsp3) is 0.0833. The molecular weight excluding hydrogens is 305 g/mol. The van der Waals surface area contributed by atoms with Crippen molar-refractivity contribution in [2.75, 3.05) is 0 Å². The molecule has 1 heterocycles. The molecule has 88 valence electrons. The average Bonchev–Trinajstić information content (AvgIpc) is 2.78. The molecule has 0 saturated heterocycles. The van der Waals surface area contributed by atoms with E-state index < -0.39 is 0 Å². The van der Waals surface area contributed by atoms with Crippen molar-refractivity contribution in [2.24, 2.45) is 0 Å². The predicted molar refractivity (Wildman–Crippen MR) is 70.3 cm³/mol. The summed E-state index contributed by atoms with van der Waals surface area (Å²) in [6, 6.07) is 7.83. The second-order valence-electron chi connectivity index (χ2n) is 3.42. The number of hydrogen-bond acceptors (Lipinski definition) is 3. The van der Waals surface area contributed by atoms with E-state index in [9.17, 15) is 4.53 Å². The standard InChI is InChI=1S/C12H9BrFNOS/c1-8(16-14)6-9-7-17-12(15-9)10-4-2-3-5-11(10)13/h2-5,7H,1,6H2. The van der Waals surface area contributed by atoms with Crippen LogP contribution in [0.25, 0.3) is 10.6 Å². The molecule has 0 fully saturated rings. The first-order valence-corrected chi connectivity index (χ1v) is 6.53. The quantitative estimate of drug-likeness (QED) is 0.774. The summed E-state index contributed by atoms with van der Waals surface area (Å²) < 4.78 is 12.8. The monoisotopic (exact) mass is 313 g/mol. The Labute approximate surface area is 111 Å². The zero-order valence-corrected chi connectivity index (χ0v) is 11.2. The zero-order valence-electron chi connectivity index (χ0n) is 8.82. The normalized spacial score (nSPS) is 10.2. The molecule has 0 unspecified atom stereocenters. The van der Waals surface area contributed by atoms with Crippen LogP contribution < -0.4 is 0 Å². The van der Waals surface area contributed by atoms with Crippen LogP contribution in [-0.2, 0) is 11.4 Å². The van der Waals surface area contributed by atoms with E-state index in [1.807, 2.05) is 29.6 Å². The Bertz CT molecular complexity index is 541. The Hall–Kier alpha value is -1.20. The van der Waals surface area contributed by atoms with Crippen molar-refractivity contribution in [1.29, 1.82) is 0 Å². The number of aromatic nitrogens is 1. The Balaban J connectivity index is 2.24. The lowest BCUT2D eigenvalue weighted by molar-refractivity contribution is -0.0846. The minimum Gasteiger partial charge on any atom is -0.299 e. The summed E-state index contributed by atoms with van der Waals surface area (Å²) in [5, 5.41) is 2.76. The number of thiazole rings is 1. The highest BCUT2D eigenvalue weighted by atomic mass is 79.9. The Morgan fingerprint density at radius 1 is 1.47 bits per heavy atom. The maximum Gasteiger partial charge on any atom is 0.147 e. The van der Waals surface area contributed by atoms with E-state index >= 15 is 0 Å². The lowest BCUT2D eigenvalue weighted by atomic mass is 10.2. The molecule has 2 nitrogen and oxygen atoms in total. The van der Waals surface area contributed by atoms with Crippen molar-refractivity contribution < 1.29 is 9.47 Å². The second-order valence-corrected chi connectivity index (χ2v) is 5.13. The van der Waals surface area contributed by atoms with Gasteiger partial charge in [-0.2, -0.15) is 0 Å². The molecule has 0 atom stereocenters. The van der Waals surface area contributed by atoms with E-state index in [0.29, 0.717) is 0 Å². The summed E-state index contributed by atoms with van der Waals surface area (Å²) in [4.78, 5) is 7.96. The predicted octanol–water partition coefficient (Wildman–Crippen LogP) is 4.53. The van der Waals surface area contributed by atoms with E-state index in [0.717, 1.165) is 20.7 Å². The van der Waals surface area contributed by atoms with Gasteiger partial charge in [-0.15, -0.1) is 11.3 Å². The van der Waals surface area contributed by atoms with Gasteiger partial charge in [-0.05, 0) is 6.07 Å². The van der Waals surface area contributed by atoms with Crippen molar-refractivity contribution in [1.82, 2.24) is 4.98 Å². The lowest BCUT2D eigenvalue weighted by Crippen LogP contribution is -1.89. The van der Waals surface area contributed by atoms with Gasteiger partial charge in [0.25, 0.3) is 0 Å². The first-order chi connectivity index (χ1) is 8.20. The zero-order chi connectivity index (χ0) is 12.3. The van der Waals surface area contributed by atoms with Gasteiger partial charge in [0.15, 0.2) is 0 Å². The molecule has 5 heteroatoms. The summed E-state index contributed by atoms with van der Waals surface area (Å²) in [5.41, 5.74) is 1.78. The molecule has 0 spiro atoms. The van der Waals surface area contributed by atoms with E-state index in [1.54, 1.807) is 0 Å². The molecule has 0 saturated carbocycles. The average molecular weight is 314 g/mol. The van der Waals surface area contributed by atoms with Crippen molar-refractivity contribution in [3.63, 3.8) is 0 Å². The third-order valence-electron chi connectivity index (χ3n) is 2.14. The molecule has 1 aromatic heterocycles. The van der Waals surface area contributed by atoms with E-state index in [2.05, 4.69) is 32.4 Å². The lowest BCUT2D eigenvalue weighted by Gasteiger charge is -1.99. The molecule has 1 aromatic carbocycles. The van der Waals surface area contributed by atoms with Crippen LogP contribution in [0.15, 0.2) is 46.5 Å². The van der Waals surface area contributed by atoms with Crippen LogP contribution in [0.5, 0.6) is 0 Å². The first kappa shape index (κ1) is 12.3. The molecule has 0 amide bonds. The van der Waals surface area contributed by atoms with Crippen LogP contribution in [0.4, 0.5) is 4.53 Å².